The molecular weight excluding hydrogens is 540 g/mol. The molecule has 2 aromatic carbocycles. The number of nitriles is 1. The first-order valence-corrected chi connectivity index (χ1v) is 12.7. The lowest BCUT2D eigenvalue weighted by Crippen LogP contribution is -2.53. The van der Waals surface area contributed by atoms with Crippen molar-refractivity contribution in [1.82, 2.24) is 14.5 Å². The van der Waals surface area contributed by atoms with Gasteiger partial charge in [-0.15, -0.1) is 0 Å². The van der Waals surface area contributed by atoms with Gasteiger partial charge in [0.25, 0.3) is 5.56 Å². The van der Waals surface area contributed by atoms with Gasteiger partial charge in [-0.05, 0) is 70.4 Å². The average molecular weight is 564 g/mol. The number of piperazine rings is 1. The maximum Gasteiger partial charge on any atom is 0.267 e. The number of benzene rings is 2. The minimum Gasteiger partial charge on any atom is -0.366 e. The van der Waals surface area contributed by atoms with E-state index >= 15 is 0 Å². The molecule has 0 spiro atoms. The van der Waals surface area contributed by atoms with Gasteiger partial charge in [0.1, 0.15) is 33.4 Å². The van der Waals surface area contributed by atoms with Crippen LogP contribution in [0.25, 0.3) is 11.0 Å². The molecular formula is C28H24BrF2N5O. The molecule has 0 amide bonds. The van der Waals surface area contributed by atoms with Gasteiger partial charge in [-0.25, -0.2) is 13.8 Å². The van der Waals surface area contributed by atoms with Crippen LogP contribution in [0.15, 0.2) is 69.9 Å². The smallest absolute Gasteiger partial charge is 0.267 e. The van der Waals surface area contributed by atoms with Crippen LogP contribution in [-0.2, 0) is 7.05 Å². The Hall–Kier alpha value is -3.61. The van der Waals surface area contributed by atoms with Crippen molar-refractivity contribution >= 4 is 32.7 Å². The minimum absolute atomic E-state index is 0.0130. The lowest BCUT2D eigenvalue weighted by atomic mass is 9.94. The number of fused-ring (bicyclic) bond motifs is 1. The maximum atomic E-state index is 13.7. The second-order valence-corrected chi connectivity index (χ2v) is 10.0. The Morgan fingerprint density at radius 1 is 1.00 bits per heavy atom. The summed E-state index contributed by atoms with van der Waals surface area (Å²) in [6.07, 6.45) is 0. The summed E-state index contributed by atoms with van der Waals surface area (Å²) in [6, 6.07) is 18.1. The highest BCUT2D eigenvalue weighted by Gasteiger charge is 2.33. The Morgan fingerprint density at radius 3 is 2.14 bits per heavy atom. The van der Waals surface area contributed by atoms with Crippen molar-refractivity contribution in [3.63, 3.8) is 0 Å². The standard InChI is InChI=1S/C28H24BrF2N5O/c1-17-16-35(27-24(29)28(37)34(2)23-12-11-22(15-32)33-25(23)27)13-14-36(17)26(18-3-7-20(30)8-4-18)19-5-9-21(31)10-6-19/h3-12,17,26H,13-14,16H2,1-2H3/t17-/m1/s1. The van der Waals surface area contributed by atoms with E-state index in [1.807, 2.05) is 0 Å². The van der Waals surface area contributed by atoms with Gasteiger partial charge in [0.2, 0.25) is 0 Å². The van der Waals surface area contributed by atoms with Gasteiger partial charge in [-0.3, -0.25) is 9.69 Å². The molecule has 1 aliphatic rings. The van der Waals surface area contributed by atoms with E-state index in [1.165, 1.54) is 28.8 Å². The van der Waals surface area contributed by atoms with Crippen molar-refractivity contribution in [2.75, 3.05) is 24.5 Å². The van der Waals surface area contributed by atoms with Gasteiger partial charge >= 0.3 is 0 Å². The summed E-state index contributed by atoms with van der Waals surface area (Å²) in [5.41, 5.74) is 3.82. The quantitative estimate of drug-likeness (QED) is 0.343. The number of aryl methyl sites for hydroxylation is 1. The fraction of sp³-hybridized carbons (Fsp3) is 0.250. The first kappa shape index (κ1) is 25.1. The van der Waals surface area contributed by atoms with Gasteiger partial charge in [0, 0.05) is 32.7 Å². The Balaban J connectivity index is 1.54. The molecule has 1 saturated heterocycles. The summed E-state index contributed by atoms with van der Waals surface area (Å²) in [5.74, 6) is -0.628. The molecule has 188 valence electrons. The topological polar surface area (TPSA) is 65.2 Å². The summed E-state index contributed by atoms with van der Waals surface area (Å²) < 4.78 is 29.4. The van der Waals surface area contributed by atoms with Crippen molar-refractivity contribution in [1.29, 1.82) is 5.26 Å². The molecule has 1 fully saturated rings. The van der Waals surface area contributed by atoms with E-state index in [0.29, 0.717) is 40.8 Å². The molecule has 0 N–H and O–H groups in total. The lowest BCUT2D eigenvalue weighted by Gasteiger charge is -2.45. The normalized spacial score (nSPS) is 16.4. The lowest BCUT2D eigenvalue weighted by molar-refractivity contribution is 0.150. The molecule has 5 rings (SSSR count). The number of pyridine rings is 2. The van der Waals surface area contributed by atoms with Crippen LogP contribution in [0.2, 0.25) is 0 Å². The zero-order valence-electron chi connectivity index (χ0n) is 20.3. The fourth-order valence-electron chi connectivity index (χ4n) is 5.13. The molecule has 1 atom stereocenters. The molecule has 2 aromatic heterocycles. The second kappa shape index (κ2) is 10.0. The number of anilines is 1. The van der Waals surface area contributed by atoms with Crippen molar-refractivity contribution in [2.45, 2.75) is 19.0 Å². The van der Waals surface area contributed by atoms with E-state index in [9.17, 15) is 18.8 Å². The molecule has 0 unspecified atom stereocenters. The van der Waals surface area contributed by atoms with Crippen molar-refractivity contribution in [3.05, 3.63) is 104 Å². The first-order valence-electron chi connectivity index (χ1n) is 11.9. The van der Waals surface area contributed by atoms with Crippen LogP contribution in [0, 0.1) is 23.0 Å². The van der Waals surface area contributed by atoms with E-state index in [1.54, 1.807) is 43.4 Å². The van der Waals surface area contributed by atoms with Gasteiger partial charge in [-0.1, -0.05) is 24.3 Å². The fourth-order valence-corrected chi connectivity index (χ4v) is 5.84. The number of nitrogens with zero attached hydrogens (tertiary/aromatic N) is 5. The number of hydrogen-bond donors (Lipinski definition) is 0. The van der Waals surface area contributed by atoms with Crippen LogP contribution in [0.4, 0.5) is 14.5 Å². The van der Waals surface area contributed by atoms with Crippen molar-refractivity contribution in [3.8, 4) is 6.07 Å². The van der Waals surface area contributed by atoms with Crippen molar-refractivity contribution in [2.24, 2.45) is 7.05 Å². The van der Waals surface area contributed by atoms with Crippen LogP contribution in [0.1, 0.15) is 29.8 Å². The monoisotopic (exact) mass is 563 g/mol. The van der Waals surface area contributed by atoms with Crippen LogP contribution < -0.4 is 10.5 Å². The summed E-state index contributed by atoms with van der Waals surface area (Å²) in [4.78, 5) is 22.0. The zero-order chi connectivity index (χ0) is 26.3. The SMILES string of the molecule is C[C@@H]1CN(c2c(Br)c(=O)n(C)c3ccc(C#N)nc23)CCN1C(c1ccc(F)cc1)c1ccc(F)cc1. The number of halogens is 3. The van der Waals surface area contributed by atoms with E-state index in [-0.39, 0.29) is 35.0 Å². The molecule has 4 aromatic rings. The van der Waals surface area contributed by atoms with Crippen LogP contribution in [0.3, 0.4) is 0 Å². The molecule has 37 heavy (non-hydrogen) atoms. The van der Waals surface area contributed by atoms with Gasteiger partial charge in [0.05, 0.1) is 17.2 Å². The van der Waals surface area contributed by atoms with Crippen LogP contribution in [0.5, 0.6) is 0 Å². The summed E-state index contributed by atoms with van der Waals surface area (Å²) in [5, 5.41) is 9.42. The molecule has 0 saturated carbocycles. The summed E-state index contributed by atoms with van der Waals surface area (Å²) >= 11 is 3.50. The highest BCUT2D eigenvalue weighted by Crippen LogP contribution is 2.36. The largest absolute Gasteiger partial charge is 0.366 e. The van der Waals surface area contributed by atoms with E-state index in [0.717, 1.165) is 11.1 Å². The van der Waals surface area contributed by atoms with Gasteiger partial charge in [0.15, 0.2) is 0 Å². The first-order chi connectivity index (χ1) is 17.8. The van der Waals surface area contributed by atoms with Crippen LogP contribution >= 0.6 is 15.9 Å². The third-order valence-electron chi connectivity index (χ3n) is 6.97. The van der Waals surface area contributed by atoms with Gasteiger partial charge in [-0.2, -0.15) is 5.26 Å². The Morgan fingerprint density at radius 2 is 1.59 bits per heavy atom. The van der Waals surface area contributed by atoms with E-state index in [4.69, 9.17) is 0 Å². The Bertz CT molecular complexity index is 1520. The van der Waals surface area contributed by atoms with Gasteiger partial charge < -0.3 is 9.47 Å². The highest BCUT2D eigenvalue weighted by atomic mass is 79.9. The molecule has 0 radical (unpaired) electrons. The van der Waals surface area contributed by atoms with E-state index < -0.39 is 0 Å². The predicted molar refractivity (Wildman–Crippen MR) is 142 cm³/mol. The molecule has 6 nitrogen and oxygen atoms in total. The third kappa shape index (κ3) is 4.63. The second-order valence-electron chi connectivity index (χ2n) is 9.24. The molecule has 1 aliphatic heterocycles. The molecule has 0 bridgehead atoms. The molecule has 9 heteroatoms. The zero-order valence-corrected chi connectivity index (χ0v) is 21.9. The summed E-state index contributed by atoms with van der Waals surface area (Å²) in [7, 11) is 1.68. The minimum atomic E-state index is -0.314. The third-order valence-corrected chi connectivity index (χ3v) is 7.69. The highest BCUT2D eigenvalue weighted by molar-refractivity contribution is 9.10. The predicted octanol–water partition coefficient (Wildman–Crippen LogP) is 5.15. The van der Waals surface area contributed by atoms with Crippen molar-refractivity contribution < 1.29 is 8.78 Å². The number of rotatable bonds is 4. The number of aromatic nitrogens is 2. The summed E-state index contributed by atoms with van der Waals surface area (Å²) in [6.45, 7) is 3.89. The molecule has 0 aliphatic carbocycles. The maximum absolute atomic E-state index is 13.7. The molecule has 3 heterocycles. The average Bonchev–Trinajstić information content (AvgIpc) is 2.90. The Labute approximate surface area is 221 Å². The number of hydrogen-bond acceptors (Lipinski definition) is 5. The Kier molecular flexibility index (Phi) is 6.80. The van der Waals surface area contributed by atoms with E-state index in [2.05, 4.69) is 43.7 Å². The van der Waals surface area contributed by atoms with Crippen LogP contribution in [-0.4, -0.2) is 40.1 Å².